The molecule has 1 aliphatic rings. The van der Waals surface area contributed by atoms with Gasteiger partial charge in [0.1, 0.15) is 12.7 Å². The number of benzene rings is 2. The van der Waals surface area contributed by atoms with E-state index >= 15 is 0 Å². The summed E-state index contributed by atoms with van der Waals surface area (Å²) in [6.07, 6.45) is 1.43. The minimum absolute atomic E-state index is 0.172. The monoisotopic (exact) mass is 452 g/mol. The van der Waals surface area contributed by atoms with E-state index in [1.807, 2.05) is 31.2 Å². The van der Waals surface area contributed by atoms with E-state index in [1.165, 1.54) is 4.31 Å². The average Bonchev–Trinajstić information content (AvgIpc) is 2.70. The number of anilines is 1. The van der Waals surface area contributed by atoms with E-state index in [9.17, 15) is 13.2 Å². The van der Waals surface area contributed by atoms with Gasteiger partial charge in [0.25, 0.3) is 0 Å². The maximum Gasteiger partial charge on any atom is 0.232 e. The molecule has 1 amide bonds. The average molecular weight is 453 g/mol. The van der Waals surface area contributed by atoms with Crippen molar-refractivity contribution in [3.63, 3.8) is 0 Å². The van der Waals surface area contributed by atoms with Crippen molar-refractivity contribution in [2.45, 2.75) is 25.9 Å². The zero-order chi connectivity index (χ0) is 21.7. The molecule has 9 heteroatoms. The first-order valence-corrected chi connectivity index (χ1v) is 11.9. The molecule has 0 radical (unpaired) electrons. The van der Waals surface area contributed by atoms with Gasteiger partial charge in [-0.15, -0.1) is 0 Å². The Morgan fingerprint density at radius 3 is 2.70 bits per heavy atom. The van der Waals surface area contributed by atoms with Crippen molar-refractivity contribution in [3.05, 3.63) is 53.1 Å². The van der Waals surface area contributed by atoms with Gasteiger partial charge in [0.2, 0.25) is 15.9 Å². The number of hydrogen-bond donors (Lipinski definition) is 1. The maximum atomic E-state index is 12.3. The second-order valence-electron chi connectivity index (χ2n) is 7.17. The normalized spacial score (nSPS) is 15.5. The highest BCUT2D eigenvalue weighted by Crippen LogP contribution is 2.30. The molecule has 0 aromatic heterocycles. The van der Waals surface area contributed by atoms with Gasteiger partial charge in [-0.25, -0.2) is 8.42 Å². The molecule has 0 spiro atoms. The van der Waals surface area contributed by atoms with Crippen LogP contribution in [-0.4, -0.2) is 46.4 Å². The van der Waals surface area contributed by atoms with Gasteiger partial charge < -0.3 is 14.8 Å². The van der Waals surface area contributed by atoms with E-state index in [4.69, 9.17) is 21.1 Å². The Balaban J connectivity index is 1.50. The molecule has 3 rings (SSSR count). The van der Waals surface area contributed by atoms with Crippen LogP contribution >= 0.6 is 11.6 Å². The molecule has 1 atom stereocenters. The molecular formula is C21H25ClN2O5S. The van der Waals surface area contributed by atoms with Crippen molar-refractivity contribution in [3.8, 4) is 11.5 Å². The predicted molar refractivity (Wildman–Crippen MR) is 117 cm³/mol. The summed E-state index contributed by atoms with van der Waals surface area (Å²) < 4.78 is 37.2. The number of ether oxygens (including phenoxy) is 2. The van der Waals surface area contributed by atoms with Crippen molar-refractivity contribution < 1.29 is 22.7 Å². The van der Waals surface area contributed by atoms with Gasteiger partial charge in [0.05, 0.1) is 18.5 Å². The highest BCUT2D eigenvalue weighted by Gasteiger charge is 2.22. The van der Waals surface area contributed by atoms with Crippen LogP contribution in [0, 0.1) is 6.92 Å². The molecule has 2 aromatic rings. The van der Waals surface area contributed by atoms with Crippen LogP contribution in [0.2, 0.25) is 5.02 Å². The fourth-order valence-electron chi connectivity index (χ4n) is 3.18. The summed E-state index contributed by atoms with van der Waals surface area (Å²) in [6.45, 7) is 2.67. The molecule has 162 valence electrons. The number of para-hydroxylation sites is 2. The third kappa shape index (κ3) is 5.79. The zero-order valence-corrected chi connectivity index (χ0v) is 18.5. The Kier molecular flexibility index (Phi) is 7.10. The van der Waals surface area contributed by atoms with Crippen LogP contribution in [0.1, 0.15) is 18.4 Å². The topological polar surface area (TPSA) is 84.9 Å². The number of fused-ring (bicyclic) bond motifs is 1. The second-order valence-corrected chi connectivity index (χ2v) is 9.51. The molecule has 1 heterocycles. The molecule has 0 saturated heterocycles. The number of hydrogen-bond acceptors (Lipinski definition) is 5. The zero-order valence-electron chi connectivity index (χ0n) is 16.9. The molecule has 0 bridgehead atoms. The smallest absolute Gasteiger partial charge is 0.232 e. The summed E-state index contributed by atoms with van der Waals surface area (Å²) in [6, 6.07) is 12.5. The highest BCUT2D eigenvalue weighted by molar-refractivity contribution is 7.92. The van der Waals surface area contributed by atoms with E-state index in [1.54, 1.807) is 18.2 Å². The van der Waals surface area contributed by atoms with Crippen molar-refractivity contribution in [2.75, 3.05) is 30.3 Å². The van der Waals surface area contributed by atoms with Gasteiger partial charge in [-0.3, -0.25) is 9.10 Å². The number of nitrogens with zero attached hydrogens (tertiary/aromatic N) is 1. The molecule has 1 unspecified atom stereocenters. The highest BCUT2D eigenvalue weighted by atomic mass is 35.5. The van der Waals surface area contributed by atoms with Crippen LogP contribution in [0.3, 0.4) is 0 Å². The van der Waals surface area contributed by atoms with E-state index in [2.05, 4.69) is 5.32 Å². The van der Waals surface area contributed by atoms with Gasteiger partial charge >= 0.3 is 0 Å². The van der Waals surface area contributed by atoms with Crippen LogP contribution in [0.25, 0.3) is 0 Å². The lowest BCUT2D eigenvalue weighted by atomic mass is 10.2. The maximum absolute atomic E-state index is 12.3. The molecule has 7 nitrogen and oxygen atoms in total. The third-order valence-corrected chi connectivity index (χ3v) is 6.11. The summed E-state index contributed by atoms with van der Waals surface area (Å²) in [5.74, 6) is 1.18. The predicted octanol–water partition coefficient (Wildman–Crippen LogP) is 3.15. The van der Waals surface area contributed by atoms with Crippen LogP contribution < -0.4 is 19.1 Å². The van der Waals surface area contributed by atoms with Crippen molar-refractivity contribution in [1.82, 2.24) is 5.32 Å². The number of halogens is 1. The molecule has 1 aliphatic heterocycles. The van der Waals surface area contributed by atoms with Gasteiger partial charge in [-0.2, -0.15) is 0 Å². The summed E-state index contributed by atoms with van der Waals surface area (Å²) in [7, 11) is -3.51. The lowest BCUT2D eigenvalue weighted by molar-refractivity contribution is -0.121. The van der Waals surface area contributed by atoms with Crippen LogP contribution in [-0.2, 0) is 14.8 Å². The molecule has 30 heavy (non-hydrogen) atoms. The number of nitrogens with one attached hydrogen (secondary N) is 1. The summed E-state index contributed by atoms with van der Waals surface area (Å²) in [5, 5.41) is 3.28. The number of carbonyl (C=O) groups excluding carboxylic acids is 1. The summed E-state index contributed by atoms with van der Waals surface area (Å²) in [5.41, 5.74) is 1.32. The van der Waals surface area contributed by atoms with Crippen molar-refractivity contribution in [2.24, 2.45) is 0 Å². The van der Waals surface area contributed by atoms with E-state index in [0.717, 1.165) is 11.8 Å². The molecule has 0 saturated carbocycles. The van der Waals surface area contributed by atoms with Gasteiger partial charge in [-0.05, 0) is 43.2 Å². The van der Waals surface area contributed by atoms with Crippen molar-refractivity contribution in [1.29, 1.82) is 0 Å². The second kappa shape index (κ2) is 9.57. The Hall–Kier alpha value is -2.45. The van der Waals surface area contributed by atoms with Crippen LogP contribution in [0.15, 0.2) is 42.5 Å². The minimum Gasteiger partial charge on any atom is -0.486 e. The number of sulfonamides is 1. The summed E-state index contributed by atoms with van der Waals surface area (Å²) in [4.78, 5) is 12.2. The number of amides is 1. The molecule has 2 aromatic carbocycles. The van der Waals surface area contributed by atoms with Crippen LogP contribution in [0.5, 0.6) is 11.5 Å². The third-order valence-electron chi connectivity index (χ3n) is 4.70. The largest absolute Gasteiger partial charge is 0.486 e. The van der Waals surface area contributed by atoms with E-state index < -0.39 is 10.0 Å². The molecular weight excluding hydrogens is 428 g/mol. The Morgan fingerprint density at radius 2 is 1.97 bits per heavy atom. The van der Waals surface area contributed by atoms with Gasteiger partial charge in [0.15, 0.2) is 11.5 Å². The van der Waals surface area contributed by atoms with Crippen LogP contribution in [0.4, 0.5) is 5.69 Å². The molecule has 0 fully saturated rings. The lowest BCUT2D eigenvalue weighted by Gasteiger charge is -2.26. The fraction of sp³-hybridized carbons (Fsp3) is 0.381. The Morgan fingerprint density at radius 1 is 1.23 bits per heavy atom. The molecule has 0 aliphatic carbocycles. The van der Waals surface area contributed by atoms with Crippen molar-refractivity contribution >= 4 is 33.2 Å². The van der Waals surface area contributed by atoms with E-state index in [0.29, 0.717) is 41.8 Å². The van der Waals surface area contributed by atoms with Gasteiger partial charge in [-0.1, -0.05) is 29.8 Å². The first-order chi connectivity index (χ1) is 14.2. The SMILES string of the molecule is Cc1ccc(Cl)cc1N(CCCC(=O)NCC1COc2ccccc2O1)S(C)(=O)=O. The standard InChI is InChI=1S/C21H25ClN2O5S/c1-15-9-10-16(22)12-18(15)24(30(2,26)27)11-5-8-21(25)23-13-17-14-28-19-6-3-4-7-20(19)29-17/h3-4,6-7,9-10,12,17H,5,8,11,13-14H2,1-2H3,(H,23,25). The summed E-state index contributed by atoms with van der Waals surface area (Å²) >= 11 is 6.03. The Labute approximate surface area is 182 Å². The van der Waals surface area contributed by atoms with E-state index in [-0.39, 0.29) is 25.0 Å². The first-order valence-electron chi connectivity index (χ1n) is 9.63. The Bertz CT molecular complexity index is 1010. The first kappa shape index (κ1) is 22.2. The quantitative estimate of drug-likeness (QED) is 0.665. The lowest BCUT2D eigenvalue weighted by Crippen LogP contribution is -2.41. The van der Waals surface area contributed by atoms with Gasteiger partial charge in [0, 0.05) is 18.0 Å². The number of rotatable bonds is 8. The molecule has 1 N–H and O–H groups in total. The fourth-order valence-corrected chi connectivity index (χ4v) is 4.36. The minimum atomic E-state index is -3.51. The number of aryl methyl sites for hydroxylation is 1. The number of carbonyl (C=O) groups is 1.